The number of hydrogen-bond acceptors (Lipinski definition) is 4. The fourth-order valence-electron chi connectivity index (χ4n) is 3.02. The number of anilines is 1. The van der Waals surface area contributed by atoms with E-state index in [0.29, 0.717) is 6.04 Å². The molecule has 5 nitrogen and oxygen atoms in total. The third-order valence-electron chi connectivity index (χ3n) is 3.95. The van der Waals surface area contributed by atoms with E-state index in [1.54, 1.807) is 0 Å². The fraction of sp³-hybridized carbons (Fsp3) is 0.600. The summed E-state index contributed by atoms with van der Waals surface area (Å²) in [5.74, 6) is 1.08. The molecule has 0 spiro atoms. The minimum Gasteiger partial charge on any atom is -0.351 e. The van der Waals surface area contributed by atoms with Crippen molar-refractivity contribution in [2.45, 2.75) is 39.2 Å². The van der Waals surface area contributed by atoms with E-state index >= 15 is 0 Å². The molecule has 1 N–H and O–H groups in total. The summed E-state index contributed by atoms with van der Waals surface area (Å²) in [6, 6.07) is 2.67. The fourth-order valence-corrected chi connectivity index (χ4v) is 3.02. The van der Waals surface area contributed by atoms with Crippen LogP contribution in [0, 0.1) is 6.92 Å². The average Bonchev–Trinajstić information content (AvgIpc) is 3.03. The number of hydrogen-bond donors (Lipinski definition) is 1. The molecule has 1 fully saturated rings. The van der Waals surface area contributed by atoms with Gasteiger partial charge < -0.3 is 10.2 Å². The van der Waals surface area contributed by atoms with Crippen molar-refractivity contribution in [3.63, 3.8) is 0 Å². The third-order valence-corrected chi connectivity index (χ3v) is 3.95. The van der Waals surface area contributed by atoms with Crippen molar-refractivity contribution in [2.24, 2.45) is 0 Å². The van der Waals surface area contributed by atoms with Gasteiger partial charge in [0.05, 0.1) is 5.69 Å². The van der Waals surface area contributed by atoms with Crippen LogP contribution in [0.2, 0.25) is 0 Å². The van der Waals surface area contributed by atoms with Crippen molar-refractivity contribution < 1.29 is 0 Å². The Morgan fingerprint density at radius 3 is 3.20 bits per heavy atom. The number of nitrogens with one attached hydrogen (secondary N) is 1. The minimum absolute atomic E-state index is 0.551. The number of aryl methyl sites for hydroxylation is 1. The number of rotatable bonds is 5. The highest BCUT2D eigenvalue weighted by Crippen LogP contribution is 2.27. The molecule has 0 saturated carbocycles. The van der Waals surface area contributed by atoms with Gasteiger partial charge in [0.2, 0.25) is 0 Å². The standard InChI is InChI=1S/C15H23N5/c1-3-6-16-11-13-5-4-8-19(13)15-14-10-12(2)18-20(14)9-7-17-15/h7,9-10,13,16H,3-6,8,11H2,1-2H3. The Labute approximate surface area is 120 Å². The second-order valence-electron chi connectivity index (χ2n) is 5.56. The summed E-state index contributed by atoms with van der Waals surface area (Å²) in [5, 5.41) is 8.02. The first-order valence-electron chi connectivity index (χ1n) is 7.58. The van der Waals surface area contributed by atoms with E-state index in [-0.39, 0.29) is 0 Å². The average molecular weight is 273 g/mol. The first kappa shape index (κ1) is 13.4. The van der Waals surface area contributed by atoms with Crippen molar-refractivity contribution in [1.82, 2.24) is 19.9 Å². The summed E-state index contributed by atoms with van der Waals surface area (Å²) < 4.78 is 1.94. The van der Waals surface area contributed by atoms with Gasteiger partial charge in [-0.25, -0.2) is 9.50 Å². The molecular weight excluding hydrogens is 250 g/mol. The lowest BCUT2D eigenvalue weighted by molar-refractivity contribution is 0.568. The van der Waals surface area contributed by atoms with Crippen LogP contribution in [0.15, 0.2) is 18.5 Å². The lowest BCUT2D eigenvalue weighted by Crippen LogP contribution is -2.38. The molecule has 0 bridgehead atoms. The Morgan fingerprint density at radius 1 is 1.45 bits per heavy atom. The topological polar surface area (TPSA) is 45.5 Å². The Morgan fingerprint density at radius 2 is 2.35 bits per heavy atom. The molecule has 1 saturated heterocycles. The number of nitrogens with zero attached hydrogens (tertiary/aromatic N) is 4. The van der Waals surface area contributed by atoms with Gasteiger partial charge in [-0.2, -0.15) is 5.10 Å². The molecule has 108 valence electrons. The zero-order valence-electron chi connectivity index (χ0n) is 12.3. The van der Waals surface area contributed by atoms with Crippen molar-refractivity contribution in [1.29, 1.82) is 0 Å². The summed E-state index contributed by atoms with van der Waals surface area (Å²) in [7, 11) is 0. The Kier molecular flexibility index (Phi) is 3.87. The number of aromatic nitrogens is 3. The predicted molar refractivity (Wildman–Crippen MR) is 81.3 cm³/mol. The van der Waals surface area contributed by atoms with Gasteiger partial charge in [0, 0.05) is 31.5 Å². The largest absolute Gasteiger partial charge is 0.351 e. The molecule has 5 heteroatoms. The van der Waals surface area contributed by atoms with E-state index in [0.717, 1.165) is 36.7 Å². The van der Waals surface area contributed by atoms with E-state index in [2.05, 4.69) is 33.3 Å². The molecule has 1 aliphatic heterocycles. The van der Waals surface area contributed by atoms with Crippen LogP contribution in [-0.4, -0.2) is 40.3 Å². The van der Waals surface area contributed by atoms with Crippen LogP contribution in [0.5, 0.6) is 0 Å². The molecule has 2 aromatic heterocycles. The van der Waals surface area contributed by atoms with Gasteiger partial charge in [-0.3, -0.25) is 0 Å². The normalized spacial score (nSPS) is 19.1. The number of fused-ring (bicyclic) bond motifs is 1. The molecular formula is C15H23N5. The third kappa shape index (κ3) is 2.50. The lowest BCUT2D eigenvalue weighted by atomic mass is 10.2. The highest BCUT2D eigenvalue weighted by Gasteiger charge is 2.26. The molecule has 1 unspecified atom stereocenters. The Bertz CT molecular complexity index is 577. The Hall–Kier alpha value is -1.62. The van der Waals surface area contributed by atoms with Crippen LogP contribution in [0.3, 0.4) is 0 Å². The van der Waals surface area contributed by atoms with Crippen LogP contribution in [-0.2, 0) is 0 Å². The minimum atomic E-state index is 0.551. The Balaban J connectivity index is 1.85. The molecule has 20 heavy (non-hydrogen) atoms. The van der Waals surface area contributed by atoms with Crippen LogP contribution >= 0.6 is 0 Å². The van der Waals surface area contributed by atoms with Crippen LogP contribution in [0.1, 0.15) is 31.9 Å². The molecule has 3 heterocycles. The molecule has 1 atom stereocenters. The van der Waals surface area contributed by atoms with Gasteiger partial charge in [0.15, 0.2) is 5.82 Å². The van der Waals surface area contributed by atoms with E-state index in [1.165, 1.54) is 19.3 Å². The smallest absolute Gasteiger partial charge is 0.154 e. The molecule has 0 radical (unpaired) electrons. The van der Waals surface area contributed by atoms with Gasteiger partial charge in [0.25, 0.3) is 0 Å². The molecule has 0 aromatic carbocycles. The molecule has 2 aromatic rings. The first-order valence-corrected chi connectivity index (χ1v) is 7.58. The summed E-state index contributed by atoms with van der Waals surface area (Å²) in [4.78, 5) is 7.06. The highest BCUT2D eigenvalue weighted by atomic mass is 15.3. The first-order chi connectivity index (χ1) is 9.79. The summed E-state index contributed by atoms with van der Waals surface area (Å²) in [6.07, 6.45) is 7.44. The summed E-state index contributed by atoms with van der Waals surface area (Å²) >= 11 is 0. The van der Waals surface area contributed by atoms with Gasteiger partial charge in [-0.05, 0) is 38.8 Å². The van der Waals surface area contributed by atoms with Crippen molar-refractivity contribution in [3.8, 4) is 0 Å². The molecule has 0 amide bonds. The molecule has 1 aliphatic rings. The monoisotopic (exact) mass is 273 g/mol. The zero-order valence-corrected chi connectivity index (χ0v) is 12.3. The van der Waals surface area contributed by atoms with Gasteiger partial charge in [0.1, 0.15) is 5.52 Å². The van der Waals surface area contributed by atoms with Crippen molar-refractivity contribution in [3.05, 3.63) is 24.2 Å². The van der Waals surface area contributed by atoms with Crippen molar-refractivity contribution in [2.75, 3.05) is 24.5 Å². The van der Waals surface area contributed by atoms with Gasteiger partial charge in [-0.15, -0.1) is 0 Å². The van der Waals surface area contributed by atoms with E-state index in [9.17, 15) is 0 Å². The second-order valence-corrected chi connectivity index (χ2v) is 5.56. The van der Waals surface area contributed by atoms with Crippen LogP contribution in [0.4, 0.5) is 5.82 Å². The van der Waals surface area contributed by atoms with Crippen molar-refractivity contribution >= 4 is 11.3 Å². The predicted octanol–water partition coefficient (Wildman–Crippen LogP) is 2.01. The summed E-state index contributed by atoms with van der Waals surface area (Å²) in [6.45, 7) is 7.46. The SMILES string of the molecule is CCCNCC1CCCN1c1nccn2nc(C)cc12. The maximum atomic E-state index is 4.62. The van der Waals surface area contributed by atoms with E-state index < -0.39 is 0 Å². The summed E-state index contributed by atoms with van der Waals surface area (Å²) in [5.41, 5.74) is 2.16. The zero-order chi connectivity index (χ0) is 13.9. The van der Waals surface area contributed by atoms with Crippen LogP contribution in [0.25, 0.3) is 5.52 Å². The molecule has 3 rings (SSSR count). The van der Waals surface area contributed by atoms with Gasteiger partial charge >= 0.3 is 0 Å². The van der Waals surface area contributed by atoms with Gasteiger partial charge in [-0.1, -0.05) is 6.92 Å². The lowest BCUT2D eigenvalue weighted by Gasteiger charge is -2.26. The van der Waals surface area contributed by atoms with E-state index in [4.69, 9.17) is 0 Å². The second kappa shape index (κ2) is 5.79. The maximum Gasteiger partial charge on any atom is 0.154 e. The maximum absolute atomic E-state index is 4.62. The quantitative estimate of drug-likeness (QED) is 0.846. The molecule has 0 aliphatic carbocycles. The van der Waals surface area contributed by atoms with E-state index in [1.807, 2.05) is 23.8 Å². The highest BCUT2D eigenvalue weighted by molar-refractivity contribution is 5.69. The van der Waals surface area contributed by atoms with Crippen LogP contribution < -0.4 is 10.2 Å².